The Labute approximate surface area is 334 Å². The molecule has 0 amide bonds. The number of aromatic nitrogens is 6. The van der Waals surface area contributed by atoms with Crippen molar-refractivity contribution in [2.45, 2.75) is 0 Å². The van der Waals surface area contributed by atoms with Crippen LogP contribution >= 0.6 is 0 Å². The minimum Gasteiger partial charge on any atom is -0.436 e. The zero-order chi connectivity index (χ0) is 39.2. The van der Waals surface area contributed by atoms with Crippen LogP contribution in [0.4, 0.5) is 8.78 Å². The second kappa shape index (κ2) is 12.7. The van der Waals surface area contributed by atoms with Crippen molar-refractivity contribution in [3.63, 3.8) is 0 Å². The Morgan fingerprint density at radius 1 is 0.424 bits per heavy atom. The van der Waals surface area contributed by atoms with E-state index in [1.54, 1.807) is 24.3 Å². The molecule has 12 rings (SSSR count). The summed E-state index contributed by atoms with van der Waals surface area (Å²) in [6.45, 7) is 0. The number of halogens is 2. The molecule has 7 nitrogen and oxygen atoms in total. The maximum Gasteiger partial charge on any atom is 0.238 e. The molecule has 278 valence electrons. The molecule has 0 atom stereocenters. The van der Waals surface area contributed by atoms with E-state index in [2.05, 4.69) is 88.0 Å². The normalized spacial score (nSPS) is 11.9. The summed E-state index contributed by atoms with van der Waals surface area (Å²) in [6, 6.07) is 53.6. The van der Waals surface area contributed by atoms with E-state index in [4.69, 9.17) is 24.4 Å². The lowest BCUT2D eigenvalue weighted by Gasteiger charge is -2.13. The number of nitrogens with zero attached hydrogens (tertiary/aromatic N) is 6. The van der Waals surface area contributed by atoms with E-state index in [1.165, 1.54) is 24.3 Å². The predicted octanol–water partition coefficient (Wildman–Crippen LogP) is 12.6. The van der Waals surface area contributed by atoms with Gasteiger partial charge in [0.15, 0.2) is 17.2 Å². The van der Waals surface area contributed by atoms with Gasteiger partial charge in [-0.25, -0.2) is 18.7 Å². The molecular formula is C50H28F2N6O. The fraction of sp³-hybridized carbons (Fsp3) is 0. The minimum atomic E-state index is -0.367. The predicted molar refractivity (Wildman–Crippen MR) is 230 cm³/mol. The van der Waals surface area contributed by atoms with Gasteiger partial charge in [0.2, 0.25) is 11.8 Å². The summed E-state index contributed by atoms with van der Waals surface area (Å²) in [7, 11) is 0. The summed E-state index contributed by atoms with van der Waals surface area (Å²) in [4.78, 5) is 20.0. The van der Waals surface area contributed by atoms with Gasteiger partial charge in [0.25, 0.3) is 0 Å². The Bertz CT molecular complexity index is 3580. The minimum absolute atomic E-state index is 0.353. The summed E-state index contributed by atoms with van der Waals surface area (Å²) in [6.07, 6.45) is 0. The first-order chi connectivity index (χ1) is 29.0. The first-order valence-electron chi connectivity index (χ1n) is 19.2. The third-order valence-electron chi connectivity index (χ3n) is 11.1. The van der Waals surface area contributed by atoms with Crippen molar-refractivity contribution < 1.29 is 13.2 Å². The molecule has 0 aliphatic heterocycles. The number of para-hydroxylation sites is 2. The zero-order valence-electron chi connectivity index (χ0n) is 31.0. The summed E-state index contributed by atoms with van der Waals surface area (Å²) in [5, 5.41) is 6.41. The Kier molecular flexibility index (Phi) is 7.15. The van der Waals surface area contributed by atoms with Crippen LogP contribution in [0.1, 0.15) is 0 Å². The lowest BCUT2D eigenvalue weighted by atomic mass is 10.1. The zero-order valence-corrected chi connectivity index (χ0v) is 31.0. The van der Waals surface area contributed by atoms with E-state index < -0.39 is 0 Å². The molecule has 0 saturated carbocycles. The van der Waals surface area contributed by atoms with Crippen molar-refractivity contribution in [3.05, 3.63) is 181 Å². The topological polar surface area (TPSA) is 74.6 Å². The second-order valence-corrected chi connectivity index (χ2v) is 14.6. The molecule has 0 radical (unpaired) electrons. The first kappa shape index (κ1) is 33.1. The molecule has 4 heterocycles. The molecule has 0 fully saturated rings. The smallest absolute Gasteiger partial charge is 0.238 e. The number of rotatable bonds is 5. The van der Waals surface area contributed by atoms with E-state index in [9.17, 15) is 8.78 Å². The molecule has 0 spiro atoms. The summed E-state index contributed by atoms with van der Waals surface area (Å²) in [5.74, 6) is 0.886. The molecule has 0 N–H and O–H groups in total. The fourth-order valence-electron chi connectivity index (χ4n) is 8.40. The third-order valence-corrected chi connectivity index (χ3v) is 11.1. The molecule has 12 aromatic rings. The van der Waals surface area contributed by atoms with E-state index in [0.717, 1.165) is 71.2 Å². The SMILES string of the molecule is Fc1ccc(-c2nc(-c3ccc(F)cc3)nc(-n3c4ccccc4c4ccc5c6ccccc6n(-c6ccc7oc(-c8ccc9ccccc9c8)nc7c6)c5c43)n2)cc1. The van der Waals surface area contributed by atoms with E-state index in [0.29, 0.717) is 40.2 Å². The van der Waals surface area contributed by atoms with E-state index in [-0.39, 0.29) is 11.6 Å². The summed E-state index contributed by atoms with van der Waals surface area (Å²) < 4.78 is 39.0. The summed E-state index contributed by atoms with van der Waals surface area (Å²) >= 11 is 0. The van der Waals surface area contributed by atoms with Crippen LogP contribution in [0, 0.1) is 11.6 Å². The fourth-order valence-corrected chi connectivity index (χ4v) is 8.40. The number of benzene rings is 8. The maximum atomic E-state index is 14.2. The van der Waals surface area contributed by atoms with Crippen molar-refractivity contribution in [1.29, 1.82) is 0 Å². The van der Waals surface area contributed by atoms with E-state index >= 15 is 0 Å². The summed E-state index contributed by atoms with van der Waals surface area (Å²) in [5.41, 5.74) is 8.19. The average Bonchev–Trinajstić information content (AvgIpc) is 3.97. The van der Waals surface area contributed by atoms with Crippen LogP contribution < -0.4 is 0 Å². The van der Waals surface area contributed by atoms with Gasteiger partial charge in [-0.15, -0.1) is 0 Å². The Balaban J connectivity index is 1.14. The second-order valence-electron chi connectivity index (χ2n) is 14.6. The molecule has 0 saturated heterocycles. The van der Waals surface area contributed by atoms with Crippen LogP contribution in [-0.2, 0) is 0 Å². The first-order valence-corrected chi connectivity index (χ1v) is 19.2. The third kappa shape index (κ3) is 5.25. The van der Waals surface area contributed by atoms with Gasteiger partial charge >= 0.3 is 0 Å². The Hall–Kier alpha value is -8.04. The van der Waals surface area contributed by atoms with Crippen molar-refractivity contribution >= 4 is 65.5 Å². The van der Waals surface area contributed by atoms with Gasteiger partial charge in [0.05, 0.1) is 22.1 Å². The Morgan fingerprint density at radius 3 is 1.64 bits per heavy atom. The van der Waals surface area contributed by atoms with Gasteiger partial charge in [-0.05, 0) is 102 Å². The quantitative estimate of drug-likeness (QED) is 0.174. The van der Waals surface area contributed by atoms with Gasteiger partial charge in [-0.3, -0.25) is 4.57 Å². The van der Waals surface area contributed by atoms with Gasteiger partial charge in [-0.2, -0.15) is 9.97 Å². The molecule has 0 aliphatic carbocycles. The lowest BCUT2D eigenvalue weighted by molar-refractivity contribution is 0.620. The number of fused-ring (bicyclic) bond motifs is 9. The molecule has 0 aliphatic rings. The lowest BCUT2D eigenvalue weighted by Crippen LogP contribution is -2.07. The van der Waals surface area contributed by atoms with Gasteiger partial charge in [0.1, 0.15) is 17.2 Å². The molecule has 8 aromatic carbocycles. The number of hydrogen-bond donors (Lipinski definition) is 0. The molecule has 9 heteroatoms. The Morgan fingerprint density at radius 2 is 0.983 bits per heavy atom. The van der Waals surface area contributed by atoms with Crippen molar-refractivity contribution in [1.82, 2.24) is 29.1 Å². The average molecular weight is 767 g/mol. The maximum absolute atomic E-state index is 14.2. The van der Waals surface area contributed by atoms with Crippen LogP contribution in [-0.4, -0.2) is 29.1 Å². The van der Waals surface area contributed by atoms with Crippen LogP contribution in [0.25, 0.3) is 111 Å². The number of hydrogen-bond acceptors (Lipinski definition) is 5. The van der Waals surface area contributed by atoms with Crippen LogP contribution in [0.15, 0.2) is 174 Å². The van der Waals surface area contributed by atoms with Crippen molar-refractivity contribution in [2.24, 2.45) is 0 Å². The van der Waals surface area contributed by atoms with Gasteiger partial charge in [-0.1, -0.05) is 78.9 Å². The monoisotopic (exact) mass is 766 g/mol. The molecule has 0 unspecified atom stereocenters. The largest absolute Gasteiger partial charge is 0.436 e. The van der Waals surface area contributed by atoms with Gasteiger partial charge < -0.3 is 8.98 Å². The van der Waals surface area contributed by atoms with Crippen molar-refractivity contribution in [3.8, 4) is 45.9 Å². The highest BCUT2D eigenvalue weighted by atomic mass is 19.1. The van der Waals surface area contributed by atoms with Crippen molar-refractivity contribution in [2.75, 3.05) is 0 Å². The molecule has 4 aromatic heterocycles. The number of oxazole rings is 1. The highest BCUT2D eigenvalue weighted by molar-refractivity contribution is 6.23. The van der Waals surface area contributed by atoms with Gasteiger partial charge in [0, 0.05) is 43.9 Å². The van der Waals surface area contributed by atoms with E-state index in [1.807, 2.05) is 42.5 Å². The van der Waals surface area contributed by atoms with Crippen LogP contribution in [0.5, 0.6) is 0 Å². The van der Waals surface area contributed by atoms with Crippen LogP contribution in [0.2, 0.25) is 0 Å². The molecular weight excluding hydrogens is 739 g/mol. The highest BCUT2D eigenvalue weighted by Gasteiger charge is 2.24. The molecule has 59 heavy (non-hydrogen) atoms. The highest BCUT2D eigenvalue weighted by Crippen LogP contribution is 2.42. The van der Waals surface area contributed by atoms with Crippen LogP contribution in [0.3, 0.4) is 0 Å². The standard InChI is InChI=1S/C50H28F2N6O/c51-34-19-15-30(16-20-34)47-54-48(31-17-21-35(52)22-18-31)56-50(55-47)58-43-12-6-4-10-38(43)40-25-24-39-37-9-3-5-11-42(37)57(45(39)46(40)58)36-23-26-44-41(28-36)53-49(59-44)33-14-13-29-7-1-2-8-32(29)27-33/h1-28H. The molecule has 0 bridgehead atoms.